The van der Waals surface area contributed by atoms with Gasteiger partial charge in [0, 0.05) is 7.05 Å². The first-order valence-electron chi connectivity index (χ1n) is 3.13. The Morgan fingerprint density at radius 2 is 2.18 bits per heavy atom. The SMILES string of the molecule is CNC(=O)C(C)N=C(N)NN. The predicted octanol–water partition coefficient (Wildman–Crippen LogP) is -2.10. The Morgan fingerprint density at radius 1 is 1.64 bits per heavy atom. The molecule has 0 aliphatic carbocycles. The molecule has 1 atom stereocenters. The molecule has 0 saturated heterocycles. The van der Waals surface area contributed by atoms with Gasteiger partial charge in [0.05, 0.1) is 0 Å². The Bertz CT molecular complexity index is 166. The zero-order chi connectivity index (χ0) is 8.85. The van der Waals surface area contributed by atoms with Crippen molar-refractivity contribution in [3.05, 3.63) is 0 Å². The third kappa shape index (κ3) is 3.41. The Hall–Kier alpha value is -1.30. The maximum atomic E-state index is 10.8. The Balaban J connectivity index is 4.04. The summed E-state index contributed by atoms with van der Waals surface area (Å²) in [5.74, 6) is 4.76. The van der Waals surface area contributed by atoms with Crippen LogP contribution >= 0.6 is 0 Å². The van der Waals surface area contributed by atoms with Crippen LogP contribution in [0.1, 0.15) is 6.92 Å². The molecule has 11 heavy (non-hydrogen) atoms. The summed E-state index contributed by atoms with van der Waals surface area (Å²) in [4.78, 5) is 14.5. The first-order valence-corrected chi connectivity index (χ1v) is 3.13. The average Bonchev–Trinajstić information content (AvgIpc) is 2.02. The molecule has 6 heteroatoms. The molecule has 0 spiro atoms. The molecule has 0 aliphatic rings. The molecule has 0 bridgehead atoms. The quantitative estimate of drug-likeness (QED) is 0.160. The molecule has 0 aromatic heterocycles. The van der Waals surface area contributed by atoms with E-state index in [-0.39, 0.29) is 11.9 Å². The van der Waals surface area contributed by atoms with Crippen LogP contribution in [-0.4, -0.2) is 25.0 Å². The molecule has 64 valence electrons. The van der Waals surface area contributed by atoms with E-state index in [0.717, 1.165) is 0 Å². The summed E-state index contributed by atoms with van der Waals surface area (Å²) < 4.78 is 0. The second-order valence-electron chi connectivity index (χ2n) is 1.95. The molecule has 0 fully saturated rings. The number of aliphatic imine (C=N–C) groups is 1. The number of hydrazine groups is 1. The molecule has 0 aromatic carbocycles. The summed E-state index contributed by atoms with van der Waals surface area (Å²) in [6, 6.07) is -0.518. The van der Waals surface area contributed by atoms with Crippen LogP contribution in [0.5, 0.6) is 0 Å². The second kappa shape index (κ2) is 4.51. The number of carbonyl (C=O) groups is 1. The molecule has 6 N–H and O–H groups in total. The average molecular weight is 159 g/mol. The van der Waals surface area contributed by atoms with Crippen molar-refractivity contribution >= 4 is 11.9 Å². The fourth-order valence-electron chi connectivity index (χ4n) is 0.513. The largest absolute Gasteiger partial charge is 0.369 e. The molecule has 1 amide bonds. The van der Waals surface area contributed by atoms with E-state index in [1.165, 1.54) is 7.05 Å². The van der Waals surface area contributed by atoms with Crippen LogP contribution in [0.3, 0.4) is 0 Å². The maximum absolute atomic E-state index is 10.8. The molecule has 6 nitrogen and oxygen atoms in total. The highest BCUT2D eigenvalue weighted by Gasteiger charge is 2.08. The smallest absolute Gasteiger partial charge is 0.244 e. The highest BCUT2D eigenvalue weighted by Crippen LogP contribution is 1.86. The summed E-state index contributed by atoms with van der Waals surface area (Å²) in [5.41, 5.74) is 7.32. The first kappa shape index (κ1) is 9.70. The number of amides is 1. The van der Waals surface area contributed by atoms with Crippen LogP contribution in [0.2, 0.25) is 0 Å². The predicted molar refractivity (Wildman–Crippen MR) is 42.5 cm³/mol. The molecule has 0 saturated carbocycles. The van der Waals surface area contributed by atoms with Crippen LogP contribution in [0.4, 0.5) is 0 Å². The fraction of sp³-hybridized carbons (Fsp3) is 0.600. The third-order valence-electron chi connectivity index (χ3n) is 1.11. The summed E-state index contributed by atoms with van der Waals surface area (Å²) in [6.07, 6.45) is 0. The van der Waals surface area contributed by atoms with E-state index in [9.17, 15) is 4.79 Å². The van der Waals surface area contributed by atoms with Gasteiger partial charge in [-0.3, -0.25) is 10.2 Å². The van der Waals surface area contributed by atoms with Crippen LogP contribution in [0, 0.1) is 0 Å². The minimum Gasteiger partial charge on any atom is -0.369 e. The number of likely N-dealkylation sites (N-methyl/N-ethyl adjacent to an activating group) is 1. The van der Waals surface area contributed by atoms with Crippen LogP contribution in [-0.2, 0) is 4.79 Å². The number of hydrogen-bond donors (Lipinski definition) is 4. The highest BCUT2D eigenvalue weighted by molar-refractivity contribution is 5.85. The van der Waals surface area contributed by atoms with Crippen molar-refractivity contribution in [2.45, 2.75) is 13.0 Å². The van der Waals surface area contributed by atoms with Gasteiger partial charge in [-0.2, -0.15) is 0 Å². The minimum absolute atomic E-state index is 0.0427. The Kier molecular flexibility index (Phi) is 3.97. The van der Waals surface area contributed by atoms with E-state index >= 15 is 0 Å². The van der Waals surface area contributed by atoms with Crippen molar-refractivity contribution in [1.29, 1.82) is 0 Å². The van der Waals surface area contributed by atoms with Crippen molar-refractivity contribution in [3.63, 3.8) is 0 Å². The normalized spacial score (nSPS) is 13.9. The van der Waals surface area contributed by atoms with E-state index in [0.29, 0.717) is 0 Å². The molecule has 0 aliphatic heterocycles. The number of rotatable bonds is 2. The van der Waals surface area contributed by atoms with Gasteiger partial charge < -0.3 is 11.1 Å². The number of nitrogens with zero attached hydrogens (tertiary/aromatic N) is 1. The third-order valence-corrected chi connectivity index (χ3v) is 1.11. The first-order chi connectivity index (χ1) is 5.11. The lowest BCUT2D eigenvalue weighted by molar-refractivity contribution is -0.121. The topological polar surface area (TPSA) is 106 Å². The maximum Gasteiger partial charge on any atom is 0.244 e. The van der Waals surface area contributed by atoms with Crippen molar-refractivity contribution in [2.24, 2.45) is 16.6 Å². The number of carbonyl (C=O) groups excluding carboxylic acids is 1. The van der Waals surface area contributed by atoms with Gasteiger partial charge in [0.2, 0.25) is 11.9 Å². The van der Waals surface area contributed by atoms with Crippen molar-refractivity contribution in [3.8, 4) is 0 Å². The zero-order valence-corrected chi connectivity index (χ0v) is 6.59. The second-order valence-corrected chi connectivity index (χ2v) is 1.95. The van der Waals surface area contributed by atoms with Gasteiger partial charge in [0.25, 0.3) is 0 Å². The Morgan fingerprint density at radius 3 is 2.55 bits per heavy atom. The highest BCUT2D eigenvalue weighted by atomic mass is 16.2. The molecule has 0 aromatic rings. The number of guanidine groups is 1. The van der Waals surface area contributed by atoms with E-state index < -0.39 is 6.04 Å². The van der Waals surface area contributed by atoms with Crippen molar-refractivity contribution in [2.75, 3.05) is 7.05 Å². The van der Waals surface area contributed by atoms with Gasteiger partial charge in [0.1, 0.15) is 6.04 Å². The van der Waals surface area contributed by atoms with Gasteiger partial charge in [-0.1, -0.05) is 0 Å². The lowest BCUT2D eigenvalue weighted by Gasteiger charge is -2.05. The monoisotopic (exact) mass is 159 g/mol. The summed E-state index contributed by atoms with van der Waals surface area (Å²) in [5, 5.41) is 2.42. The molecule has 0 radical (unpaired) electrons. The molecular formula is C5H13N5O. The van der Waals surface area contributed by atoms with E-state index in [1.807, 2.05) is 0 Å². The van der Waals surface area contributed by atoms with Crippen molar-refractivity contribution in [1.82, 2.24) is 10.7 Å². The fourth-order valence-corrected chi connectivity index (χ4v) is 0.513. The Labute approximate surface area is 65.0 Å². The van der Waals surface area contributed by atoms with Crippen LogP contribution in [0.25, 0.3) is 0 Å². The number of nitrogens with two attached hydrogens (primary N) is 2. The number of nitrogens with one attached hydrogen (secondary N) is 2. The standard InChI is InChI=1S/C5H13N5O/c1-3(4(11)8-2)9-5(6)10-7/h3H,7H2,1-2H3,(H,8,11)(H3,6,9,10). The summed E-state index contributed by atoms with van der Waals surface area (Å²) in [7, 11) is 1.53. The van der Waals surface area contributed by atoms with Crippen LogP contribution in [0.15, 0.2) is 4.99 Å². The molecule has 1 unspecified atom stereocenters. The van der Waals surface area contributed by atoms with Gasteiger partial charge in [-0.15, -0.1) is 0 Å². The summed E-state index contributed by atoms with van der Waals surface area (Å²) >= 11 is 0. The van der Waals surface area contributed by atoms with Gasteiger partial charge >= 0.3 is 0 Å². The van der Waals surface area contributed by atoms with Gasteiger partial charge in [0.15, 0.2) is 0 Å². The molecule has 0 rings (SSSR count). The van der Waals surface area contributed by atoms with Crippen molar-refractivity contribution < 1.29 is 4.79 Å². The van der Waals surface area contributed by atoms with Gasteiger partial charge in [-0.25, -0.2) is 10.8 Å². The zero-order valence-electron chi connectivity index (χ0n) is 6.59. The van der Waals surface area contributed by atoms with E-state index in [1.54, 1.807) is 6.92 Å². The summed E-state index contributed by atoms with van der Waals surface area (Å²) in [6.45, 7) is 1.61. The minimum atomic E-state index is -0.518. The lowest BCUT2D eigenvalue weighted by Crippen LogP contribution is -2.39. The van der Waals surface area contributed by atoms with Crippen LogP contribution < -0.4 is 22.3 Å². The van der Waals surface area contributed by atoms with E-state index in [2.05, 4.69) is 15.7 Å². The number of hydrogen-bond acceptors (Lipinski definition) is 3. The lowest BCUT2D eigenvalue weighted by atomic mass is 10.3. The van der Waals surface area contributed by atoms with E-state index in [4.69, 9.17) is 11.6 Å². The molecular weight excluding hydrogens is 146 g/mol. The van der Waals surface area contributed by atoms with Gasteiger partial charge in [-0.05, 0) is 6.92 Å². The molecule has 0 heterocycles.